The summed E-state index contributed by atoms with van der Waals surface area (Å²) in [6.07, 6.45) is 12.8. The minimum absolute atomic E-state index is 0. The first-order valence-electron chi connectivity index (χ1n) is 15.2. The predicted octanol–water partition coefficient (Wildman–Crippen LogP) is 4.54. The van der Waals surface area contributed by atoms with Gasteiger partial charge in [-0.05, 0) is 0 Å². The molecule has 214 valence electrons. The Hall–Kier alpha value is -2.48. The molecule has 0 aromatic heterocycles. The molecule has 0 radical (unpaired) electrons. The molecule has 0 saturated heterocycles. The molecule has 0 nitrogen and oxygen atoms in total. The minimum atomic E-state index is -2.17. The van der Waals surface area contributed by atoms with Crippen LogP contribution in [0.25, 0.3) is 11.1 Å². The first kappa shape index (κ1) is 32.4. The van der Waals surface area contributed by atoms with Gasteiger partial charge in [-0.1, -0.05) is 0 Å². The summed E-state index contributed by atoms with van der Waals surface area (Å²) in [5, 5.41) is 0. The number of benzene rings is 4. The van der Waals surface area contributed by atoms with Crippen LogP contribution in [0.4, 0.5) is 0 Å². The van der Waals surface area contributed by atoms with Gasteiger partial charge in [0.05, 0.1) is 0 Å². The second kappa shape index (κ2) is 15.3. The van der Waals surface area contributed by atoms with Crippen LogP contribution in [0.15, 0.2) is 121 Å². The first-order chi connectivity index (χ1) is 19.8. The number of unbranched alkanes of at least 4 members (excludes halogenated alkanes) is 2. The van der Waals surface area contributed by atoms with E-state index in [9.17, 15) is 0 Å². The standard InChI is InChI=1S/C13H10.2C13H15.2ClH.Ti/c1-3-7-12(8-4-1)11-13-9-5-2-6-10-13;2*1-2-3-6-11-9-10-12-7-4-5-8-13(11)12;;;/h1-10H;2*4-5,7-10H,2-3,6H2,1H3;2*1H;/q;;;;;+2/p-2. The van der Waals surface area contributed by atoms with Crippen LogP contribution in [0.5, 0.6) is 0 Å². The van der Waals surface area contributed by atoms with Crippen molar-refractivity contribution in [2.24, 2.45) is 0 Å². The average molecular weight is 628 g/mol. The van der Waals surface area contributed by atoms with E-state index in [4.69, 9.17) is 0 Å². The maximum absolute atomic E-state index is 2.72. The smallest absolute Gasteiger partial charge is 1.00 e. The van der Waals surface area contributed by atoms with Crippen molar-refractivity contribution >= 4 is 15.0 Å². The normalized spacial score (nSPS) is 16.1. The molecular formula is C39H40Cl2Ti. The van der Waals surface area contributed by atoms with Crippen molar-refractivity contribution in [3.63, 3.8) is 0 Å². The minimum Gasteiger partial charge on any atom is -1.00 e. The number of fused-ring (bicyclic) bond motifs is 2. The Morgan fingerprint density at radius 2 is 0.905 bits per heavy atom. The number of halogens is 2. The summed E-state index contributed by atoms with van der Waals surface area (Å²) in [5.41, 5.74) is 12.1. The van der Waals surface area contributed by atoms with Gasteiger partial charge in [0.2, 0.25) is 0 Å². The van der Waals surface area contributed by atoms with Gasteiger partial charge in [-0.15, -0.1) is 0 Å². The number of allylic oxidation sites excluding steroid dienone is 4. The molecule has 4 aromatic rings. The van der Waals surface area contributed by atoms with Crippen LogP contribution in [0.1, 0.15) is 94.2 Å². The van der Waals surface area contributed by atoms with Gasteiger partial charge in [0.25, 0.3) is 0 Å². The molecule has 4 aromatic carbocycles. The molecule has 3 heteroatoms. The predicted molar refractivity (Wildman–Crippen MR) is 169 cm³/mol. The largest absolute Gasteiger partial charge is 1.00 e. The molecule has 0 saturated carbocycles. The van der Waals surface area contributed by atoms with Crippen molar-refractivity contribution in [3.05, 3.63) is 155 Å². The summed E-state index contributed by atoms with van der Waals surface area (Å²) in [6.45, 7) is 4.62. The summed E-state index contributed by atoms with van der Waals surface area (Å²) < 4.78 is 2.60. The first-order valence-corrected chi connectivity index (χ1v) is 17.8. The van der Waals surface area contributed by atoms with Gasteiger partial charge in [0.15, 0.2) is 0 Å². The Balaban J connectivity index is 0.00000202. The summed E-state index contributed by atoms with van der Waals surface area (Å²) in [5.74, 6) is 0. The van der Waals surface area contributed by atoms with E-state index in [-0.39, 0.29) is 24.8 Å². The maximum Gasteiger partial charge on any atom is -1.00 e. The molecule has 2 unspecified atom stereocenters. The van der Waals surface area contributed by atoms with E-state index in [1.165, 1.54) is 60.8 Å². The molecule has 2 aliphatic carbocycles. The zero-order valence-electron chi connectivity index (χ0n) is 24.7. The van der Waals surface area contributed by atoms with Crippen molar-refractivity contribution in [1.29, 1.82) is 0 Å². The quantitative estimate of drug-likeness (QED) is 0.227. The Labute approximate surface area is 271 Å². The second-order valence-electron chi connectivity index (χ2n) is 11.3. The molecule has 0 N–H and O–H groups in total. The van der Waals surface area contributed by atoms with Gasteiger partial charge in [-0.25, -0.2) is 0 Å². The van der Waals surface area contributed by atoms with E-state index in [1.807, 2.05) is 0 Å². The van der Waals surface area contributed by atoms with E-state index < -0.39 is 17.4 Å². The van der Waals surface area contributed by atoms with Crippen molar-refractivity contribution in [2.45, 2.75) is 60.8 Å². The van der Waals surface area contributed by atoms with Crippen LogP contribution in [0.2, 0.25) is 0 Å². The molecule has 0 spiro atoms. The third-order valence-electron chi connectivity index (χ3n) is 8.70. The second-order valence-corrected chi connectivity index (χ2v) is 15.4. The van der Waals surface area contributed by atoms with Gasteiger partial charge in [0.1, 0.15) is 0 Å². The Kier molecular flexibility index (Phi) is 11.8. The summed E-state index contributed by atoms with van der Waals surface area (Å²) in [7, 11) is 0. The van der Waals surface area contributed by atoms with E-state index in [1.54, 1.807) is 26.1 Å². The van der Waals surface area contributed by atoms with Gasteiger partial charge >= 0.3 is 248 Å². The van der Waals surface area contributed by atoms with Crippen molar-refractivity contribution in [3.8, 4) is 0 Å². The molecule has 42 heavy (non-hydrogen) atoms. The zero-order valence-corrected chi connectivity index (χ0v) is 27.8. The molecule has 0 fully saturated rings. The fourth-order valence-electron chi connectivity index (χ4n) is 6.78. The number of hydrogen-bond acceptors (Lipinski definition) is 0. The number of rotatable bonds is 10. The molecule has 2 aliphatic rings. The zero-order chi connectivity index (χ0) is 27.3. The van der Waals surface area contributed by atoms with Crippen LogP contribution < -0.4 is 24.8 Å². The van der Waals surface area contributed by atoms with Crippen LogP contribution in [-0.2, 0) is 17.4 Å². The van der Waals surface area contributed by atoms with E-state index in [2.05, 4.69) is 135 Å². The Morgan fingerprint density at radius 3 is 1.31 bits per heavy atom. The molecule has 2 atom stereocenters. The molecule has 0 aliphatic heterocycles. The molecule has 0 heterocycles. The SMILES string of the molecule is CCCCC1=C[CH]([Ti+2](=[C](c2ccccc2)c2ccccc2)[CH]2C=C(CCCC)c3ccccc32)c2ccccc21.[Cl-].[Cl-]. The fourth-order valence-corrected chi connectivity index (χ4v) is 12.9. The summed E-state index contributed by atoms with van der Waals surface area (Å²) in [4.78, 5) is 0. The van der Waals surface area contributed by atoms with Gasteiger partial charge in [0, 0.05) is 0 Å². The Bertz CT molecular complexity index is 1450. The topological polar surface area (TPSA) is 0 Å². The van der Waals surface area contributed by atoms with Gasteiger partial charge < -0.3 is 24.8 Å². The molecule has 0 bridgehead atoms. The van der Waals surface area contributed by atoms with Gasteiger partial charge in [-0.3, -0.25) is 0 Å². The average Bonchev–Trinajstić information content (AvgIpc) is 3.57. The van der Waals surface area contributed by atoms with E-state index in [0.29, 0.717) is 8.45 Å². The molecule has 0 amide bonds. The Morgan fingerprint density at radius 1 is 0.524 bits per heavy atom. The van der Waals surface area contributed by atoms with Gasteiger partial charge in [-0.2, -0.15) is 0 Å². The summed E-state index contributed by atoms with van der Waals surface area (Å²) in [6, 6.07) is 41.4. The van der Waals surface area contributed by atoms with Crippen LogP contribution >= 0.6 is 0 Å². The van der Waals surface area contributed by atoms with Crippen LogP contribution in [0.3, 0.4) is 0 Å². The van der Waals surface area contributed by atoms with Crippen molar-refractivity contribution in [2.75, 3.05) is 0 Å². The van der Waals surface area contributed by atoms with Crippen molar-refractivity contribution < 1.29 is 42.2 Å². The molecule has 6 rings (SSSR count). The fraction of sp³-hybridized carbons (Fsp3) is 0.256. The number of hydrogen-bond donors (Lipinski definition) is 0. The molecular weight excluding hydrogens is 587 g/mol. The van der Waals surface area contributed by atoms with E-state index in [0.717, 1.165) is 0 Å². The van der Waals surface area contributed by atoms with E-state index >= 15 is 0 Å². The van der Waals surface area contributed by atoms with Crippen LogP contribution in [0, 0.1) is 0 Å². The monoisotopic (exact) mass is 626 g/mol. The maximum atomic E-state index is 2.72. The van der Waals surface area contributed by atoms with Crippen molar-refractivity contribution in [1.82, 2.24) is 0 Å². The summed E-state index contributed by atoms with van der Waals surface area (Å²) >= 11 is -2.17. The third kappa shape index (κ3) is 6.53. The van der Waals surface area contributed by atoms with Crippen LogP contribution in [-0.4, -0.2) is 3.81 Å². The third-order valence-corrected chi connectivity index (χ3v) is 14.1.